The van der Waals surface area contributed by atoms with E-state index in [0.29, 0.717) is 0 Å². The van der Waals surface area contributed by atoms with E-state index in [4.69, 9.17) is 0 Å². The highest BCUT2D eigenvalue weighted by Gasteiger charge is 2.09. The van der Waals surface area contributed by atoms with Crippen LogP contribution in [0.4, 0.5) is 0 Å². The van der Waals surface area contributed by atoms with Crippen LogP contribution in [0.3, 0.4) is 0 Å². The van der Waals surface area contributed by atoms with Gasteiger partial charge in [0.15, 0.2) is 0 Å². The van der Waals surface area contributed by atoms with Crippen molar-refractivity contribution in [3.8, 4) is 0 Å². The highest BCUT2D eigenvalue weighted by atomic mass is 16.1. The number of hydrogen-bond acceptors (Lipinski definition) is 1. The van der Waals surface area contributed by atoms with Gasteiger partial charge >= 0.3 is 0 Å². The van der Waals surface area contributed by atoms with Crippen molar-refractivity contribution in [3.63, 3.8) is 0 Å². The number of rotatable bonds is 2. The summed E-state index contributed by atoms with van der Waals surface area (Å²) in [6.45, 7) is 1.93. The highest BCUT2D eigenvalue weighted by Crippen LogP contribution is 2.14. The van der Waals surface area contributed by atoms with Crippen LogP contribution in [-0.4, -0.2) is 6.29 Å². The normalized spacial score (nSPS) is 19.7. The van der Waals surface area contributed by atoms with Gasteiger partial charge in [-0.2, -0.15) is 0 Å². The molecular formula is C10H12O. The van der Waals surface area contributed by atoms with E-state index in [0.717, 1.165) is 6.29 Å². The van der Waals surface area contributed by atoms with Crippen molar-refractivity contribution in [3.05, 3.63) is 36.5 Å². The molecule has 0 spiro atoms. The molecule has 0 amide bonds. The van der Waals surface area contributed by atoms with E-state index in [9.17, 15) is 4.79 Å². The lowest BCUT2D eigenvalue weighted by Gasteiger charge is -2.08. The van der Waals surface area contributed by atoms with Crippen LogP contribution in [0.1, 0.15) is 6.92 Å². The van der Waals surface area contributed by atoms with Gasteiger partial charge in [0.25, 0.3) is 0 Å². The predicted octanol–water partition coefficient (Wildman–Crippen LogP) is 2.12. The predicted molar refractivity (Wildman–Crippen MR) is 46.1 cm³/mol. The molecule has 1 nitrogen and oxygen atoms in total. The fraction of sp³-hybridized carbons (Fsp3) is 0.300. The Hall–Kier alpha value is -1.11. The molecule has 1 atom stereocenters. The number of carbonyl (C=O) groups is 1. The first-order valence-electron chi connectivity index (χ1n) is 3.81. The van der Waals surface area contributed by atoms with Crippen molar-refractivity contribution < 1.29 is 4.79 Å². The monoisotopic (exact) mass is 148 g/mol. The van der Waals surface area contributed by atoms with E-state index in [1.807, 2.05) is 43.4 Å². The Bertz CT molecular complexity index is 195. The summed E-state index contributed by atoms with van der Waals surface area (Å²) in [5, 5.41) is 0. The molecule has 0 aromatic heterocycles. The second-order valence-corrected chi connectivity index (χ2v) is 2.73. The quantitative estimate of drug-likeness (QED) is 0.548. The van der Waals surface area contributed by atoms with Crippen LogP contribution in [-0.2, 0) is 4.79 Å². The summed E-state index contributed by atoms with van der Waals surface area (Å²) in [4.78, 5) is 10.4. The van der Waals surface area contributed by atoms with E-state index < -0.39 is 0 Å². The maximum Gasteiger partial charge on any atom is 0.123 e. The van der Waals surface area contributed by atoms with Crippen LogP contribution in [0.5, 0.6) is 0 Å². The van der Waals surface area contributed by atoms with E-state index in [2.05, 4.69) is 0 Å². The van der Waals surface area contributed by atoms with Crippen LogP contribution in [0.25, 0.3) is 0 Å². The third-order valence-electron chi connectivity index (χ3n) is 1.82. The maximum atomic E-state index is 10.4. The van der Waals surface area contributed by atoms with E-state index in [1.165, 1.54) is 0 Å². The number of aldehydes is 1. The van der Waals surface area contributed by atoms with Crippen molar-refractivity contribution in [1.82, 2.24) is 0 Å². The van der Waals surface area contributed by atoms with Crippen LogP contribution >= 0.6 is 0 Å². The van der Waals surface area contributed by atoms with Gasteiger partial charge < -0.3 is 4.79 Å². The fourth-order valence-electron chi connectivity index (χ4n) is 1.02. The number of allylic oxidation sites excluding steroid dienone is 6. The summed E-state index contributed by atoms with van der Waals surface area (Å²) >= 11 is 0. The Labute approximate surface area is 67.1 Å². The molecule has 0 aromatic carbocycles. The maximum absolute atomic E-state index is 10.4. The second kappa shape index (κ2) is 3.91. The molecule has 1 aliphatic rings. The van der Waals surface area contributed by atoms with Crippen LogP contribution in [0.2, 0.25) is 0 Å². The minimum absolute atomic E-state index is 0.0856. The zero-order valence-corrected chi connectivity index (χ0v) is 6.60. The van der Waals surface area contributed by atoms with Gasteiger partial charge in [-0.1, -0.05) is 43.4 Å². The van der Waals surface area contributed by atoms with Crippen LogP contribution in [0.15, 0.2) is 36.5 Å². The highest BCUT2D eigenvalue weighted by molar-refractivity contribution is 5.54. The van der Waals surface area contributed by atoms with Gasteiger partial charge in [-0.15, -0.1) is 0 Å². The minimum Gasteiger partial charge on any atom is -0.303 e. The SMILES string of the molecule is C[C@@H](C=O)C1C=CC=CC=C1. The van der Waals surface area contributed by atoms with Gasteiger partial charge in [-0.05, 0) is 0 Å². The molecule has 11 heavy (non-hydrogen) atoms. The average Bonchev–Trinajstić information content (AvgIpc) is 2.30. The summed E-state index contributed by atoms with van der Waals surface area (Å²) in [5.41, 5.74) is 0. The van der Waals surface area contributed by atoms with Crippen molar-refractivity contribution in [2.75, 3.05) is 0 Å². The molecule has 0 unspecified atom stereocenters. The lowest BCUT2D eigenvalue weighted by Crippen LogP contribution is -2.06. The standard InChI is InChI=1S/C10H12O/c1-9(8-11)10-6-4-2-3-5-7-10/h2-10H,1H3/t9-/m0/s1. The van der Waals surface area contributed by atoms with Gasteiger partial charge in [0, 0.05) is 11.8 Å². The van der Waals surface area contributed by atoms with Crippen LogP contribution < -0.4 is 0 Å². The van der Waals surface area contributed by atoms with Gasteiger partial charge in [0.1, 0.15) is 6.29 Å². The Morgan fingerprint density at radius 1 is 1.18 bits per heavy atom. The molecule has 0 saturated heterocycles. The Morgan fingerprint density at radius 3 is 2.18 bits per heavy atom. The van der Waals surface area contributed by atoms with E-state index in [-0.39, 0.29) is 11.8 Å². The molecule has 0 fully saturated rings. The summed E-state index contributed by atoms with van der Waals surface area (Å²) in [6.07, 6.45) is 13.0. The van der Waals surface area contributed by atoms with Crippen LogP contribution in [0, 0.1) is 11.8 Å². The first kappa shape index (κ1) is 7.99. The van der Waals surface area contributed by atoms with Gasteiger partial charge in [-0.3, -0.25) is 0 Å². The molecule has 0 bridgehead atoms. The Kier molecular flexibility index (Phi) is 2.84. The molecule has 1 heteroatoms. The minimum atomic E-state index is 0.0856. The van der Waals surface area contributed by atoms with Gasteiger partial charge in [0.05, 0.1) is 0 Å². The van der Waals surface area contributed by atoms with Gasteiger partial charge in [-0.25, -0.2) is 0 Å². The molecular weight excluding hydrogens is 136 g/mol. The lowest BCUT2D eigenvalue weighted by atomic mass is 9.95. The van der Waals surface area contributed by atoms with E-state index in [1.54, 1.807) is 0 Å². The molecule has 58 valence electrons. The summed E-state index contributed by atoms with van der Waals surface area (Å²) in [6, 6.07) is 0. The topological polar surface area (TPSA) is 17.1 Å². The fourth-order valence-corrected chi connectivity index (χ4v) is 1.02. The molecule has 0 aromatic rings. The molecule has 0 saturated carbocycles. The smallest absolute Gasteiger partial charge is 0.123 e. The largest absolute Gasteiger partial charge is 0.303 e. The summed E-state index contributed by atoms with van der Waals surface area (Å²) in [5.74, 6) is 0.352. The van der Waals surface area contributed by atoms with E-state index >= 15 is 0 Å². The first-order valence-corrected chi connectivity index (χ1v) is 3.81. The zero-order valence-electron chi connectivity index (χ0n) is 6.60. The Morgan fingerprint density at radius 2 is 1.73 bits per heavy atom. The Balaban J connectivity index is 2.66. The van der Waals surface area contributed by atoms with Crippen molar-refractivity contribution in [2.45, 2.75) is 6.92 Å². The van der Waals surface area contributed by atoms with Gasteiger partial charge in [0.2, 0.25) is 0 Å². The zero-order chi connectivity index (χ0) is 8.10. The lowest BCUT2D eigenvalue weighted by molar-refractivity contribution is -0.111. The average molecular weight is 148 g/mol. The summed E-state index contributed by atoms with van der Waals surface area (Å²) in [7, 11) is 0. The molecule has 1 rings (SSSR count). The molecule has 0 aliphatic heterocycles. The molecule has 1 aliphatic carbocycles. The van der Waals surface area contributed by atoms with Crippen molar-refractivity contribution >= 4 is 6.29 Å². The number of hydrogen-bond donors (Lipinski definition) is 0. The summed E-state index contributed by atoms with van der Waals surface area (Å²) < 4.78 is 0. The van der Waals surface area contributed by atoms with Crippen molar-refractivity contribution in [1.29, 1.82) is 0 Å². The molecule has 0 heterocycles. The first-order chi connectivity index (χ1) is 5.34. The second-order valence-electron chi connectivity index (χ2n) is 2.73. The third-order valence-corrected chi connectivity index (χ3v) is 1.82. The molecule has 0 radical (unpaired) electrons. The molecule has 0 N–H and O–H groups in total. The third kappa shape index (κ3) is 2.19. The van der Waals surface area contributed by atoms with Crippen molar-refractivity contribution in [2.24, 2.45) is 11.8 Å². The number of carbonyl (C=O) groups excluding carboxylic acids is 1.